The van der Waals surface area contributed by atoms with Crippen LogP contribution in [0.2, 0.25) is 0 Å². The summed E-state index contributed by atoms with van der Waals surface area (Å²) in [5.74, 6) is 1.26. The molecule has 12 heavy (non-hydrogen) atoms. The summed E-state index contributed by atoms with van der Waals surface area (Å²) in [7, 11) is 1.62. The number of hydrogen-bond acceptors (Lipinski definition) is 3. The Hall–Kier alpha value is -1.71. The van der Waals surface area contributed by atoms with Gasteiger partial charge in [-0.15, -0.1) is 0 Å². The van der Waals surface area contributed by atoms with Gasteiger partial charge in [-0.2, -0.15) is 5.10 Å². The Morgan fingerprint density at radius 1 is 1.50 bits per heavy atom. The lowest BCUT2D eigenvalue weighted by molar-refractivity contribution is 0.419. The van der Waals surface area contributed by atoms with E-state index in [-0.39, 0.29) is 0 Å². The zero-order chi connectivity index (χ0) is 8.55. The number of ether oxygens (including phenoxy) is 1. The molecule has 0 aliphatic rings. The lowest BCUT2D eigenvalue weighted by Gasteiger charge is -1.98. The molecule has 1 heterocycles. The van der Waals surface area contributed by atoms with Crippen LogP contribution in [0.4, 0.5) is 5.82 Å². The fourth-order valence-corrected chi connectivity index (χ4v) is 1.21. The summed E-state index contributed by atoms with van der Waals surface area (Å²) in [5, 5.41) is 7.58. The van der Waals surface area contributed by atoms with Gasteiger partial charge in [0.25, 0.3) is 0 Å². The molecule has 0 atom stereocenters. The second kappa shape index (κ2) is 2.41. The van der Waals surface area contributed by atoms with Crippen LogP contribution < -0.4 is 10.5 Å². The number of aromatic nitrogens is 2. The quantitative estimate of drug-likeness (QED) is 0.662. The smallest absolute Gasteiger partial charge is 0.153 e. The monoisotopic (exact) mass is 163 g/mol. The van der Waals surface area contributed by atoms with Gasteiger partial charge < -0.3 is 10.5 Å². The van der Waals surface area contributed by atoms with Crippen LogP contribution in [-0.2, 0) is 0 Å². The lowest BCUT2D eigenvalue weighted by atomic mass is 10.2. The SMILES string of the molecule is COc1cccc2c(N)n[nH]c12. The van der Waals surface area contributed by atoms with Crippen LogP contribution in [0.3, 0.4) is 0 Å². The zero-order valence-corrected chi connectivity index (χ0v) is 6.66. The third-order valence-electron chi connectivity index (χ3n) is 1.81. The van der Waals surface area contributed by atoms with Gasteiger partial charge >= 0.3 is 0 Å². The first-order chi connectivity index (χ1) is 5.83. The molecule has 4 nitrogen and oxygen atoms in total. The van der Waals surface area contributed by atoms with Crippen molar-refractivity contribution in [1.29, 1.82) is 0 Å². The summed E-state index contributed by atoms with van der Waals surface area (Å²) < 4.78 is 5.11. The normalized spacial score (nSPS) is 10.4. The van der Waals surface area contributed by atoms with Gasteiger partial charge in [-0.25, -0.2) is 0 Å². The minimum Gasteiger partial charge on any atom is -0.494 e. The van der Waals surface area contributed by atoms with Crippen molar-refractivity contribution >= 4 is 16.7 Å². The summed E-state index contributed by atoms with van der Waals surface area (Å²) >= 11 is 0. The number of nitrogens with one attached hydrogen (secondary N) is 1. The Kier molecular flexibility index (Phi) is 1.40. The maximum atomic E-state index is 5.60. The number of benzene rings is 1. The van der Waals surface area contributed by atoms with Gasteiger partial charge in [-0.3, -0.25) is 5.10 Å². The summed E-state index contributed by atoms with van der Waals surface area (Å²) in [4.78, 5) is 0. The second-order valence-corrected chi connectivity index (χ2v) is 2.49. The number of aromatic amines is 1. The van der Waals surface area contributed by atoms with Crippen molar-refractivity contribution in [2.24, 2.45) is 0 Å². The van der Waals surface area contributed by atoms with Gasteiger partial charge in [0.1, 0.15) is 11.3 Å². The van der Waals surface area contributed by atoms with Gasteiger partial charge in [0.2, 0.25) is 0 Å². The van der Waals surface area contributed by atoms with Crippen LogP contribution in [0.1, 0.15) is 0 Å². The van der Waals surface area contributed by atoms with Gasteiger partial charge in [0.05, 0.1) is 7.11 Å². The standard InChI is InChI=1S/C8H9N3O/c1-12-6-4-2-3-5-7(6)10-11-8(5)9/h2-4H,1H3,(H3,9,10,11). The number of nitrogens with zero attached hydrogens (tertiary/aromatic N) is 1. The van der Waals surface area contributed by atoms with Crippen LogP contribution in [-0.4, -0.2) is 17.3 Å². The molecule has 0 aliphatic heterocycles. The highest BCUT2D eigenvalue weighted by Crippen LogP contribution is 2.25. The molecule has 0 spiro atoms. The van der Waals surface area contributed by atoms with Crippen LogP contribution in [0.15, 0.2) is 18.2 Å². The van der Waals surface area contributed by atoms with E-state index in [4.69, 9.17) is 10.5 Å². The number of methoxy groups -OCH3 is 1. The van der Waals surface area contributed by atoms with E-state index in [2.05, 4.69) is 10.2 Å². The molecule has 2 rings (SSSR count). The van der Waals surface area contributed by atoms with Gasteiger partial charge in [-0.05, 0) is 12.1 Å². The molecule has 4 heteroatoms. The minimum atomic E-state index is 0.504. The summed E-state index contributed by atoms with van der Waals surface area (Å²) in [5.41, 5.74) is 6.45. The first kappa shape index (κ1) is 6.97. The largest absolute Gasteiger partial charge is 0.494 e. The van der Waals surface area contributed by atoms with Crippen molar-refractivity contribution in [2.75, 3.05) is 12.8 Å². The van der Waals surface area contributed by atoms with Crippen LogP contribution in [0.25, 0.3) is 10.9 Å². The van der Waals surface area contributed by atoms with Crippen LogP contribution in [0, 0.1) is 0 Å². The molecule has 62 valence electrons. The van der Waals surface area contributed by atoms with E-state index in [1.54, 1.807) is 7.11 Å². The number of fused-ring (bicyclic) bond motifs is 1. The highest BCUT2D eigenvalue weighted by atomic mass is 16.5. The van der Waals surface area contributed by atoms with Crippen molar-refractivity contribution in [3.05, 3.63) is 18.2 Å². The molecular weight excluding hydrogens is 154 g/mol. The molecule has 0 aliphatic carbocycles. The molecule has 3 N–H and O–H groups in total. The molecule has 0 unspecified atom stereocenters. The lowest BCUT2D eigenvalue weighted by Crippen LogP contribution is -1.84. The molecule has 0 bridgehead atoms. The summed E-state index contributed by atoms with van der Waals surface area (Å²) in [6.07, 6.45) is 0. The average Bonchev–Trinajstić information content (AvgIpc) is 2.48. The highest BCUT2D eigenvalue weighted by molar-refractivity contribution is 5.92. The van der Waals surface area contributed by atoms with Gasteiger partial charge in [-0.1, -0.05) is 6.07 Å². The third kappa shape index (κ3) is 0.812. The Bertz CT molecular complexity index is 408. The third-order valence-corrected chi connectivity index (χ3v) is 1.81. The Labute approximate surface area is 69.3 Å². The molecule has 0 saturated carbocycles. The maximum absolute atomic E-state index is 5.60. The second-order valence-electron chi connectivity index (χ2n) is 2.49. The van der Waals surface area contributed by atoms with E-state index in [0.29, 0.717) is 5.82 Å². The molecule has 0 saturated heterocycles. The molecule has 0 radical (unpaired) electrons. The van der Waals surface area contributed by atoms with Crippen LogP contribution >= 0.6 is 0 Å². The van der Waals surface area contributed by atoms with Crippen molar-refractivity contribution in [2.45, 2.75) is 0 Å². The van der Waals surface area contributed by atoms with Gasteiger partial charge in [0.15, 0.2) is 5.82 Å². The first-order valence-electron chi connectivity index (χ1n) is 3.59. The van der Waals surface area contributed by atoms with E-state index in [1.165, 1.54) is 0 Å². The van der Waals surface area contributed by atoms with Crippen molar-refractivity contribution in [1.82, 2.24) is 10.2 Å². The Morgan fingerprint density at radius 3 is 3.08 bits per heavy atom. The fourth-order valence-electron chi connectivity index (χ4n) is 1.21. The molecular formula is C8H9N3O. The van der Waals surface area contributed by atoms with E-state index in [1.807, 2.05) is 18.2 Å². The predicted octanol–water partition coefficient (Wildman–Crippen LogP) is 1.15. The fraction of sp³-hybridized carbons (Fsp3) is 0.125. The zero-order valence-electron chi connectivity index (χ0n) is 6.66. The topological polar surface area (TPSA) is 63.9 Å². The Morgan fingerprint density at radius 2 is 2.33 bits per heavy atom. The average molecular weight is 163 g/mol. The van der Waals surface area contributed by atoms with E-state index >= 15 is 0 Å². The number of H-pyrrole nitrogens is 1. The van der Waals surface area contributed by atoms with Crippen LogP contribution in [0.5, 0.6) is 5.75 Å². The van der Waals surface area contributed by atoms with Crippen molar-refractivity contribution < 1.29 is 4.74 Å². The van der Waals surface area contributed by atoms with E-state index < -0.39 is 0 Å². The first-order valence-corrected chi connectivity index (χ1v) is 3.59. The molecule has 1 aromatic carbocycles. The summed E-state index contributed by atoms with van der Waals surface area (Å²) in [6.45, 7) is 0. The maximum Gasteiger partial charge on any atom is 0.153 e. The minimum absolute atomic E-state index is 0.504. The summed E-state index contributed by atoms with van der Waals surface area (Å²) in [6, 6.07) is 5.64. The molecule has 0 fully saturated rings. The van der Waals surface area contributed by atoms with Crippen molar-refractivity contribution in [3.8, 4) is 5.75 Å². The number of rotatable bonds is 1. The molecule has 2 aromatic rings. The van der Waals surface area contributed by atoms with Gasteiger partial charge in [0, 0.05) is 5.39 Å². The predicted molar refractivity (Wildman–Crippen MR) is 47.1 cm³/mol. The number of para-hydroxylation sites is 1. The molecule has 0 amide bonds. The number of nitrogen functional groups attached to an aromatic ring is 1. The molecule has 1 aromatic heterocycles. The Balaban J connectivity index is 2.81. The highest BCUT2D eigenvalue weighted by Gasteiger charge is 2.05. The number of nitrogens with two attached hydrogens (primary N) is 1. The number of hydrogen-bond donors (Lipinski definition) is 2. The van der Waals surface area contributed by atoms with E-state index in [9.17, 15) is 0 Å². The van der Waals surface area contributed by atoms with E-state index in [0.717, 1.165) is 16.7 Å². The number of anilines is 1. The van der Waals surface area contributed by atoms with Crippen molar-refractivity contribution in [3.63, 3.8) is 0 Å².